The number of rotatable bonds is 1. The van der Waals surface area contributed by atoms with E-state index in [4.69, 9.17) is 4.74 Å². The summed E-state index contributed by atoms with van der Waals surface area (Å²) in [6.45, 7) is 4.89. The van der Waals surface area contributed by atoms with Crippen molar-refractivity contribution in [3.63, 3.8) is 0 Å². The number of cyclic esters (lactones) is 1. The summed E-state index contributed by atoms with van der Waals surface area (Å²) >= 11 is 0. The first-order valence-corrected chi connectivity index (χ1v) is 10.6. The molecule has 146 valence electrons. The number of hydrogen-bond acceptors (Lipinski definition) is 4. The fourth-order valence-electron chi connectivity index (χ4n) is 7.72. The van der Waals surface area contributed by atoms with Crippen molar-refractivity contribution in [3.05, 3.63) is 23.3 Å². The molecular formula is C23H30O4. The van der Waals surface area contributed by atoms with Crippen molar-refractivity contribution < 1.29 is 19.4 Å². The standard InChI is InChI=1S/C23H30O4/c1-21-8-5-16(24)11-14(21)3-4-17-18(21)6-9-22(2)19(17)7-10-23(22,26)15-12-20(25)27-13-15/h11-12,17-19,26H,3-10,13H2,1-2H3/t17-,18+,19-,21+,22+,23+/m1/s1. The van der Waals surface area contributed by atoms with Gasteiger partial charge in [0.1, 0.15) is 6.61 Å². The summed E-state index contributed by atoms with van der Waals surface area (Å²) in [6.07, 6.45) is 11.2. The highest BCUT2D eigenvalue weighted by molar-refractivity contribution is 5.91. The SMILES string of the molecule is C[C@]12CCC(=O)C=C1CC[C@H]1[C@H]3CC[C@](O)(C4=CC(=O)OC4)[C@@]3(C)CC[C@@H]12. The topological polar surface area (TPSA) is 63.6 Å². The van der Waals surface area contributed by atoms with E-state index in [0.29, 0.717) is 30.0 Å². The van der Waals surface area contributed by atoms with Crippen molar-refractivity contribution in [1.29, 1.82) is 0 Å². The van der Waals surface area contributed by atoms with Crippen molar-refractivity contribution in [1.82, 2.24) is 0 Å². The van der Waals surface area contributed by atoms with Gasteiger partial charge in [-0.1, -0.05) is 19.4 Å². The number of ether oxygens (including phenoxy) is 1. The summed E-state index contributed by atoms with van der Waals surface area (Å²) in [5, 5.41) is 11.7. The third-order valence-corrected chi connectivity index (χ3v) is 9.31. The Hall–Kier alpha value is -1.42. The molecule has 0 saturated heterocycles. The van der Waals surface area contributed by atoms with E-state index in [1.807, 2.05) is 6.08 Å². The highest BCUT2D eigenvalue weighted by Crippen LogP contribution is 2.68. The van der Waals surface area contributed by atoms with Crippen LogP contribution in [0.2, 0.25) is 0 Å². The molecule has 5 rings (SSSR count). The summed E-state index contributed by atoms with van der Waals surface area (Å²) < 4.78 is 5.14. The molecule has 0 aromatic carbocycles. The molecule has 0 radical (unpaired) electrons. The van der Waals surface area contributed by atoms with Gasteiger partial charge in [0.05, 0.1) is 5.60 Å². The fourth-order valence-corrected chi connectivity index (χ4v) is 7.72. The van der Waals surface area contributed by atoms with E-state index in [1.165, 1.54) is 11.6 Å². The molecular weight excluding hydrogens is 340 g/mol. The quantitative estimate of drug-likeness (QED) is 0.714. The Morgan fingerprint density at radius 1 is 0.963 bits per heavy atom. The summed E-state index contributed by atoms with van der Waals surface area (Å²) in [4.78, 5) is 23.6. The maximum atomic E-state index is 12.0. The van der Waals surface area contributed by atoms with Gasteiger partial charge in [-0.3, -0.25) is 4.79 Å². The minimum absolute atomic E-state index is 0.157. The van der Waals surface area contributed by atoms with E-state index >= 15 is 0 Å². The fraction of sp³-hybridized carbons (Fsp3) is 0.739. The minimum Gasteiger partial charge on any atom is -0.458 e. The average Bonchev–Trinajstić information content (AvgIpc) is 3.18. The normalized spacial score (nSPS) is 48.9. The van der Waals surface area contributed by atoms with Crippen LogP contribution in [0.4, 0.5) is 0 Å². The number of carbonyl (C=O) groups excluding carboxylic acids is 2. The molecule has 0 bridgehead atoms. The Balaban J connectivity index is 1.49. The Bertz CT molecular complexity index is 779. The van der Waals surface area contributed by atoms with Gasteiger partial charge in [0, 0.05) is 23.5 Å². The van der Waals surface area contributed by atoms with Gasteiger partial charge in [-0.15, -0.1) is 0 Å². The Kier molecular flexibility index (Phi) is 3.64. The van der Waals surface area contributed by atoms with Crippen molar-refractivity contribution in [3.8, 4) is 0 Å². The number of hydrogen-bond donors (Lipinski definition) is 1. The van der Waals surface area contributed by atoms with Crippen LogP contribution in [-0.4, -0.2) is 29.1 Å². The molecule has 4 nitrogen and oxygen atoms in total. The molecule has 0 aromatic rings. The second-order valence-corrected chi connectivity index (χ2v) is 10.1. The van der Waals surface area contributed by atoms with Crippen molar-refractivity contribution >= 4 is 11.8 Å². The van der Waals surface area contributed by atoms with E-state index in [9.17, 15) is 14.7 Å². The number of ketones is 1. The van der Waals surface area contributed by atoms with E-state index in [2.05, 4.69) is 13.8 Å². The lowest BCUT2D eigenvalue weighted by atomic mass is 9.46. The second kappa shape index (κ2) is 5.56. The first-order chi connectivity index (χ1) is 12.8. The van der Waals surface area contributed by atoms with Gasteiger partial charge in [-0.2, -0.15) is 0 Å². The smallest absolute Gasteiger partial charge is 0.331 e. The molecule has 0 aromatic heterocycles. The molecule has 3 saturated carbocycles. The number of aliphatic hydroxyl groups is 1. The van der Waals surface area contributed by atoms with Crippen LogP contribution in [0.25, 0.3) is 0 Å². The number of esters is 1. The molecule has 6 atom stereocenters. The Morgan fingerprint density at radius 2 is 1.74 bits per heavy atom. The highest BCUT2D eigenvalue weighted by atomic mass is 16.5. The zero-order valence-electron chi connectivity index (χ0n) is 16.4. The van der Waals surface area contributed by atoms with Gasteiger partial charge in [-0.25, -0.2) is 4.79 Å². The Labute approximate surface area is 161 Å². The van der Waals surface area contributed by atoms with Crippen molar-refractivity contribution in [2.45, 2.75) is 70.8 Å². The molecule has 1 heterocycles. The molecule has 1 N–H and O–H groups in total. The number of allylic oxidation sites excluding steroid dienone is 1. The second-order valence-electron chi connectivity index (χ2n) is 10.1. The van der Waals surface area contributed by atoms with Gasteiger partial charge in [0.2, 0.25) is 0 Å². The molecule has 0 spiro atoms. The molecule has 1 aliphatic heterocycles. The van der Waals surface area contributed by atoms with Crippen LogP contribution < -0.4 is 0 Å². The lowest BCUT2D eigenvalue weighted by Gasteiger charge is -2.59. The summed E-state index contributed by atoms with van der Waals surface area (Å²) in [7, 11) is 0. The highest BCUT2D eigenvalue weighted by Gasteiger charge is 2.65. The van der Waals surface area contributed by atoms with Crippen LogP contribution in [-0.2, 0) is 14.3 Å². The minimum atomic E-state index is -0.908. The summed E-state index contributed by atoms with van der Waals surface area (Å²) in [5.41, 5.74) is 1.24. The predicted octanol–water partition coefficient (Wildman–Crippen LogP) is 3.73. The van der Waals surface area contributed by atoms with E-state index in [-0.39, 0.29) is 23.4 Å². The molecule has 3 fully saturated rings. The first-order valence-electron chi connectivity index (χ1n) is 10.6. The molecule has 4 heteroatoms. The zero-order chi connectivity index (χ0) is 19.0. The van der Waals surface area contributed by atoms with Crippen LogP contribution in [0.15, 0.2) is 23.3 Å². The molecule has 0 amide bonds. The Morgan fingerprint density at radius 3 is 2.48 bits per heavy atom. The van der Waals surface area contributed by atoms with E-state index in [1.54, 1.807) is 0 Å². The molecule has 5 aliphatic rings. The van der Waals surface area contributed by atoms with Crippen molar-refractivity contribution in [2.75, 3.05) is 6.61 Å². The van der Waals surface area contributed by atoms with Crippen LogP contribution in [0.5, 0.6) is 0 Å². The molecule has 0 unspecified atom stereocenters. The zero-order valence-corrected chi connectivity index (χ0v) is 16.4. The average molecular weight is 370 g/mol. The van der Waals surface area contributed by atoms with Crippen LogP contribution >= 0.6 is 0 Å². The number of fused-ring (bicyclic) bond motifs is 5. The van der Waals surface area contributed by atoms with Gasteiger partial charge < -0.3 is 9.84 Å². The van der Waals surface area contributed by atoms with E-state index < -0.39 is 5.60 Å². The molecule has 4 aliphatic carbocycles. The van der Waals surface area contributed by atoms with E-state index in [0.717, 1.165) is 50.5 Å². The predicted molar refractivity (Wildman–Crippen MR) is 101 cm³/mol. The third-order valence-electron chi connectivity index (χ3n) is 9.31. The van der Waals surface area contributed by atoms with Crippen LogP contribution in [0, 0.1) is 28.6 Å². The maximum absolute atomic E-state index is 12.0. The first kappa shape index (κ1) is 17.7. The summed E-state index contributed by atoms with van der Waals surface area (Å²) in [6, 6.07) is 0. The van der Waals surface area contributed by atoms with Gasteiger partial charge in [-0.05, 0) is 74.2 Å². The summed E-state index contributed by atoms with van der Waals surface area (Å²) in [5.74, 6) is 1.68. The van der Waals surface area contributed by atoms with Crippen LogP contribution in [0.1, 0.15) is 65.2 Å². The van der Waals surface area contributed by atoms with Crippen LogP contribution in [0.3, 0.4) is 0 Å². The monoisotopic (exact) mass is 370 g/mol. The third kappa shape index (κ3) is 2.19. The largest absolute Gasteiger partial charge is 0.458 e. The lowest BCUT2D eigenvalue weighted by molar-refractivity contribution is -0.135. The van der Waals surface area contributed by atoms with Gasteiger partial charge >= 0.3 is 5.97 Å². The lowest BCUT2D eigenvalue weighted by Crippen LogP contribution is -2.55. The maximum Gasteiger partial charge on any atom is 0.331 e. The number of carbonyl (C=O) groups is 2. The van der Waals surface area contributed by atoms with Crippen molar-refractivity contribution in [2.24, 2.45) is 28.6 Å². The van der Waals surface area contributed by atoms with Gasteiger partial charge in [0.15, 0.2) is 5.78 Å². The van der Waals surface area contributed by atoms with Gasteiger partial charge in [0.25, 0.3) is 0 Å². The molecule has 27 heavy (non-hydrogen) atoms.